The van der Waals surface area contributed by atoms with Crippen LogP contribution in [-0.4, -0.2) is 85.3 Å². The smallest absolute Gasteiger partial charge is 0.223 e. The second-order valence-electron chi connectivity index (χ2n) is 8.42. The normalized spacial score (nSPS) is 22.2. The van der Waals surface area contributed by atoms with Gasteiger partial charge in [-0.2, -0.15) is 0 Å². The third-order valence-electron chi connectivity index (χ3n) is 6.51. The Balaban J connectivity index is 1.27. The number of carbonyl (C=O) groups is 1. The lowest BCUT2D eigenvalue weighted by Gasteiger charge is -2.41. The van der Waals surface area contributed by atoms with Crippen LogP contribution in [0.15, 0.2) is 18.3 Å². The highest BCUT2D eigenvalue weighted by Crippen LogP contribution is 2.28. The summed E-state index contributed by atoms with van der Waals surface area (Å²) in [6, 6.07) is 4.67. The molecule has 3 fully saturated rings. The molecule has 7 heteroatoms. The van der Waals surface area contributed by atoms with Crippen molar-refractivity contribution in [3.63, 3.8) is 0 Å². The van der Waals surface area contributed by atoms with E-state index in [4.69, 9.17) is 9.47 Å². The van der Waals surface area contributed by atoms with Crippen LogP contribution in [-0.2, 0) is 9.53 Å². The van der Waals surface area contributed by atoms with Gasteiger partial charge in [0.25, 0.3) is 0 Å². The SMILES string of the molecule is CC(=O)N(CCN1CCOCC1)c1ccc(OC2CCN(C3CCC3)CC2)nc1. The number of nitrogens with zero attached hydrogens (tertiary/aromatic N) is 4. The zero-order chi connectivity index (χ0) is 20.1. The summed E-state index contributed by atoms with van der Waals surface area (Å²) in [4.78, 5) is 23.4. The van der Waals surface area contributed by atoms with E-state index in [0.29, 0.717) is 12.4 Å². The molecule has 1 aromatic rings. The van der Waals surface area contributed by atoms with Gasteiger partial charge in [-0.25, -0.2) is 4.98 Å². The minimum Gasteiger partial charge on any atom is -0.474 e. The van der Waals surface area contributed by atoms with E-state index in [0.717, 1.165) is 70.5 Å². The minimum atomic E-state index is 0.0390. The number of carbonyl (C=O) groups excluding carboxylic acids is 1. The van der Waals surface area contributed by atoms with E-state index in [9.17, 15) is 4.79 Å². The number of hydrogen-bond donors (Lipinski definition) is 0. The van der Waals surface area contributed by atoms with Crippen molar-refractivity contribution in [2.45, 2.75) is 51.2 Å². The number of piperidine rings is 1. The fourth-order valence-corrected chi connectivity index (χ4v) is 4.42. The van der Waals surface area contributed by atoms with Gasteiger partial charge >= 0.3 is 0 Å². The highest BCUT2D eigenvalue weighted by atomic mass is 16.5. The number of anilines is 1. The summed E-state index contributed by atoms with van der Waals surface area (Å²) in [6.07, 6.45) is 8.27. The number of amides is 1. The minimum absolute atomic E-state index is 0.0390. The van der Waals surface area contributed by atoms with Gasteiger partial charge < -0.3 is 19.3 Å². The molecule has 1 aliphatic carbocycles. The first-order chi connectivity index (χ1) is 14.2. The topological polar surface area (TPSA) is 58.1 Å². The Morgan fingerprint density at radius 3 is 2.52 bits per heavy atom. The van der Waals surface area contributed by atoms with Crippen molar-refractivity contribution >= 4 is 11.6 Å². The number of likely N-dealkylation sites (tertiary alicyclic amines) is 1. The van der Waals surface area contributed by atoms with Crippen LogP contribution in [0, 0.1) is 0 Å². The third kappa shape index (κ3) is 5.47. The van der Waals surface area contributed by atoms with Crippen molar-refractivity contribution in [3.05, 3.63) is 18.3 Å². The van der Waals surface area contributed by atoms with Gasteiger partial charge in [-0.1, -0.05) is 6.42 Å². The zero-order valence-electron chi connectivity index (χ0n) is 17.6. The van der Waals surface area contributed by atoms with E-state index in [1.807, 2.05) is 12.1 Å². The molecule has 7 nitrogen and oxygen atoms in total. The van der Waals surface area contributed by atoms with Gasteiger partial charge in [-0.15, -0.1) is 0 Å². The molecule has 3 aliphatic rings. The summed E-state index contributed by atoms with van der Waals surface area (Å²) < 4.78 is 11.5. The lowest BCUT2D eigenvalue weighted by atomic mass is 9.90. The van der Waals surface area contributed by atoms with Gasteiger partial charge in [0.1, 0.15) is 6.10 Å². The van der Waals surface area contributed by atoms with Crippen LogP contribution in [0.3, 0.4) is 0 Å². The number of pyridine rings is 1. The second-order valence-corrected chi connectivity index (χ2v) is 8.42. The molecule has 4 rings (SSSR count). The van der Waals surface area contributed by atoms with Gasteiger partial charge in [0.2, 0.25) is 11.8 Å². The lowest BCUT2D eigenvalue weighted by molar-refractivity contribution is -0.116. The molecule has 0 unspecified atom stereocenters. The Morgan fingerprint density at radius 1 is 1.17 bits per heavy atom. The molecule has 1 saturated carbocycles. The summed E-state index contributed by atoms with van der Waals surface area (Å²) in [6.45, 7) is 8.78. The first kappa shape index (κ1) is 20.6. The molecule has 29 heavy (non-hydrogen) atoms. The van der Waals surface area contributed by atoms with Crippen LogP contribution in [0.5, 0.6) is 5.88 Å². The summed E-state index contributed by atoms with van der Waals surface area (Å²) in [5.41, 5.74) is 0.831. The second kappa shape index (κ2) is 9.87. The molecule has 2 saturated heterocycles. The molecule has 1 aromatic heterocycles. The Morgan fingerprint density at radius 2 is 1.93 bits per heavy atom. The van der Waals surface area contributed by atoms with Crippen LogP contribution in [0.25, 0.3) is 0 Å². The van der Waals surface area contributed by atoms with Crippen LogP contribution >= 0.6 is 0 Å². The molecule has 160 valence electrons. The molecular weight excluding hydrogens is 368 g/mol. The van der Waals surface area contributed by atoms with Gasteiger partial charge in [-0.05, 0) is 31.7 Å². The van der Waals surface area contributed by atoms with Crippen LogP contribution in [0.4, 0.5) is 5.69 Å². The first-order valence-corrected chi connectivity index (χ1v) is 11.1. The van der Waals surface area contributed by atoms with Crippen molar-refractivity contribution < 1.29 is 14.3 Å². The molecule has 0 N–H and O–H groups in total. The Kier molecular flexibility index (Phi) is 7.00. The van der Waals surface area contributed by atoms with Gasteiger partial charge in [-0.3, -0.25) is 9.69 Å². The van der Waals surface area contributed by atoms with Crippen molar-refractivity contribution in [1.29, 1.82) is 0 Å². The molecule has 0 atom stereocenters. The van der Waals surface area contributed by atoms with Crippen molar-refractivity contribution in [2.75, 3.05) is 57.4 Å². The van der Waals surface area contributed by atoms with E-state index in [1.54, 1.807) is 18.0 Å². The monoisotopic (exact) mass is 402 g/mol. The maximum atomic E-state index is 12.2. The standard InChI is InChI=1S/C22H34N4O3/c1-18(27)26(12-11-24-13-15-28-16-14-24)20-5-6-22(23-17-20)29-21-7-9-25(10-8-21)19-3-2-4-19/h5-6,17,19,21H,2-4,7-16H2,1H3. The molecule has 1 amide bonds. The number of hydrogen-bond acceptors (Lipinski definition) is 6. The highest BCUT2D eigenvalue weighted by molar-refractivity contribution is 5.91. The quantitative estimate of drug-likeness (QED) is 0.697. The average Bonchev–Trinajstić information content (AvgIpc) is 2.70. The number of morpholine rings is 1. The molecular formula is C22H34N4O3. The zero-order valence-corrected chi connectivity index (χ0v) is 17.6. The molecule has 3 heterocycles. The predicted octanol–water partition coefficient (Wildman–Crippen LogP) is 2.16. The number of ether oxygens (including phenoxy) is 2. The van der Waals surface area contributed by atoms with E-state index >= 15 is 0 Å². The summed E-state index contributed by atoms with van der Waals surface area (Å²) >= 11 is 0. The first-order valence-electron chi connectivity index (χ1n) is 11.1. The Hall–Kier alpha value is -1.70. The largest absolute Gasteiger partial charge is 0.474 e. The van der Waals surface area contributed by atoms with E-state index in [2.05, 4.69) is 14.8 Å². The summed E-state index contributed by atoms with van der Waals surface area (Å²) in [7, 11) is 0. The molecule has 0 spiro atoms. The van der Waals surface area contributed by atoms with Crippen LogP contribution < -0.4 is 9.64 Å². The fraction of sp³-hybridized carbons (Fsp3) is 0.727. The molecule has 0 aromatic carbocycles. The highest BCUT2D eigenvalue weighted by Gasteiger charge is 2.29. The van der Waals surface area contributed by atoms with Gasteiger partial charge in [0.05, 0.1) is 25.1 Å². The summed E-state index contributed by atoms with van der Waals surface area (Å²) in [5, 5.41) is 0. The van der Waals surface area contributed by atoms with Crippen molar-refractivity contribution in [2.24, 2.45) is 0 Å². The predicted molar refractivity (Wildman–Crippen MR) is 112 cm³/mol. The van der Waals surface area contributed by atoms with E-state index < -0.39 is 0 Å². The maximum absolute atomic E-state index is 12.2. The van der Waals surface area contributed by atoms with E-state index in [-0.39, 0.29) is 12.0 Å². The van der Waals surface area contributed by atoms with E-state index in [1.165, 1.54) is 19.3 Å². The van der Waals surface area contributed by atoms with Crippen molar-refractivity contribution in [3.8, 4) is 5.88 Å². The lowest BCUT2D eigenvalue weighted by Crippen LogP contribution is -2.46. The number of aromatic nitrogens is 1. The molecule has 0 radical (unpaired) electrons. The van der Waals surface area contributed by atoms with Crippen LogP contribution in [0.1, 0.15) is 39.0 Å². The number of rotatable bonds is 7. The average molecular weight is 403 g/mol. The van der Waals surface area contributed by atoms with Crippen molar-refractivity contribution in [1.82, 2.24) is 14.8 Å². The fourth-order valence-electron chi connectivity index (χ4n) is 4.42. The maximum Gasteiger partial charge on any atom is 0.223 e. The third-order valence-corrected chi connectivity index (χ3v) is 6.51. The molecule has 0 bridgehead atoms. The Labute approximate surface area is 174 Å². The molecule has 2 aliphatic heterocycles. The van der Waals surface area contributed by atoms with Gasteiger partial charge in [0.15, 0.2) is 0 Å². The Bertz CT molecular complexity index is 651. The van der Waals surface area contributed by atoms with Crippen LogP contribution in [0.2, 0.25) is 0 Å². The van der Waals surface area contributed by atoms with Gasteiger partial charge in [0, 0.05) is 58.3 Å². The summed E-state index contributed by atoms with van der Waals surface area (Å²) in [5.74, 6) is 0.699.